The molecule has 0 unspecified atom stereocenters. The topological polar surface area (TPSA) is 55.1 Å². The highest BCUT2D eigenvalue weighted by atomic mass is 19.1. The molecule has 5 heteroatoms. The summed E-state index contributed by atoms with van der Waals surface area (Å²) < 4.78 is 18.1. The highest BCUT2D eigenvalue weighted by Gasteiger charge is 2.16. The van der Waals surface area contributed by atoms with Gasteiger partial charge in [-0.05, 0) is 43.5 Å². The van der Waals surface area contributed by atoms with Gasteiger partial charge in [0.1, 0.15) is 17.8 Å². The molecule has 1 amide bonds. The lowest BCUT2D eigenvalue weighted by molar-refractivity contribution is -0.121. The number of amides is 1. The van der Waals surface area contributed by atoms with Gasteiger partial charge in [0.15, 0.2) is 0 Å². The highest BCUT2D eigenvalue weighted by Crippen LogP contribution is 2.23. The Hall–Kier alpha value is -2.17. The summed E-state index contributed by atoms with van der Waals surface area (Å²) in [6, 6.07) is 6.45. The van der Waals surface area contributed by atoms with Gasteiger partial charge in [0.2, 0.25) is 5.91 Å². The number of carbonyl (C=O) groups is 1. The Morgan fingerprint density at radius 1 is 1.17 bits per heavy atom. The number of benzene rings is 1. The van der Waals surface area contributed by atoms with Gasteiger partial charge in [-0.15, -0.1) is 0 Å². The first-order valence-electron chi connectivity index (χ1n) is 8.71. The molecule has 1 heterocycles. The van der Waals surface area contributed by atoms with Crippen LogP contribution in [0.3, 0.4) is 0 Å². The van der Waals surface area contributed by atoms with Crippen LogP contribution in [0, 0.1) is 5.82 Å². The predicted molar refractivity (Wildman–Crippen MR) is 89.9 cm³/mol. The van der Waals surface area contributed by atoms with E-state index in [2.05, 4.69) is 10.5 Å². The number of hydrogen-bond acceptors (Lipinski definition) is 3. The fourth-order valence-electron chi connectivity index (χ4n) is 3.25. The predicted octanol–water partition coefficient (Wildman–Crippen LogP) is 4.25. The molecule has 24 heavy (non-hydrogen) atoms. The first-order chi connectivity index (χ1) is 11.7. The molecule has 1 aromatic carbocycles. The van der Waals surface area contributed by atoms with Crippen molar-refractivity contribution in [3.8, 4) is 11.3 Å². The van der Waals surface area contributed by atoms with E-state index in [9.17, 15) is 9.18 Å². The molecule has 0 saturated heterocycles. The third-order valence-electron chi connectivity index (χ3n) is 4.60. The minimum absolute atomic E-state index is 0.0770. The average Bonchev–Trinajstić information content (AvgIpc) is 2.90. The van der Waals surface area contributed by atoms with E-state index in [1.807, 2.05) is 0 Å². The van der Waals surface area contributed by atoms with Gasteiger partial charge in [0, 0.05) is 23.6 Å². The third kappa shape index (κ3) is 4.43. The Morgan fingerprint density at radius 3 is 2.58 bits per heavy atom. The van der Waals surface area contributed by atoms with Gasteiger partial charge in [0.05, 0.1) is 0 Å². The van der Waals surface area contributed by atoms with Gasteiger partial charge in [-0.2, -0.15) is 0 Å². The van der Waals surface area contributed by atoms with Gasteiger partial charge in [0.25, 0.3) is 0 Å². The highest BCUT2D eigenvalue weighted by molar-refractivity contribution is 5.77. The quantitative estimate of drug-likeness (QED) is 0.834. The number of aryl methyl sites for hydroxylation is 1. The van der Waals surface area contributed by atoms with Gasteiger partial charge in [-0.3, -0.25) is 4.79 Å². The van der Waals surface area contributed by atoms with E-state index < -0.39 is 0 Å². The van der Waals surface area contributed by atoms with Gasteiger partial charge >= 0.3 is 0 Å². The molecular formula is C19H23FN2O2. The molecule has 1 aliphatic carbocycles. The summed E-state index contributed by atoms with van der Waals surface area (Å²) in [7, 11) is 0. The summed E-state index contributed by atoms with van der Waals surface area (Å²) in [6.45, 7) is 0. The summed E-state index contributed by atoms with van der Waals surface area (Å²) in [4.78, 5) is 12.2. The second-order valence-corrected chi connectivity index (χ2v) is 6.45. The molecule has 1 aliphatic rings. The van der Waals surface area contributed by atoms with Crippen LogP contribution < -0.4 is 5.32 Å². The molecule has 1 saturated carbocycles. The van der Waals surface area contributed by atoms with Crippen molar-refractivity contribution in [3.63, 3.8) is 0 Å². The molecule has 0 radical (unpaired) electrons. The Kier molecular flexibility index (Phi) is 5.62. The van der Waals surface area contributed by atoms with Crippen LogP contribution >= 0.6 is 0 Å². The minimum Gasteiger partial charge on any atom is -0.364 e. The monoisotopic (exact) mass is 330 g/mol. The van der Waals surface area contributed by atoms with Crippen molar-refractivity contribution in [2.75, 3.05) is 0 Å². The van der Waals surface area contributed by atoms with E-state index in [1.54, 1.807) is 18.4 Å². The number of rotatable bonds is 5. The van der Waals surface area contributed by atoms with Crippen LogP contribution in [-0.4, -0.2) is 17.1 Å². The molecule has 1 aromatic heterocycles. The maximum atomic E-state index is 13.0. The smallest absolute Gasteiger partial charge is 0.220 e. The normalized spacial score (nSPS) is 15.9. The molecule has 1 fully saturated rings. The Bertz CT molecular complexity index is 658. The second kappa shape index (κ2) is 8.08. The molecule has 1 N–H and O–H groups in total. The average molecular weight is 330 g/mol. The van der Waals surface area contributed by atoms with Crippen molar-refractivity contribution >= 4 is 5.91 Å². The summed E-state index contributed by atoms with van der Waals surface area (Å²) in [6.07, 6.45) is 9.65. The molecule has 0 bridgehead atoms. The van der Waals surface area contributed by atoms with Crippen molar-refractivity contribution in [2.24, 2.45) is 0 Å². The zero-order valence-electron chi connectivity index (χ0n) is 13.8. The van der Waals surface area contributed by atoms with Gasteiger partial charge < -0.3 is 9.84 Å². The number of hydrogen-bond donors (Lipinski definition) is 1. The number of nitrogens with zero attached hydrogens (tertiary/aromatic N) is 1. The van der Waals surface area contributed by atoms with Gasteiger partial charge in [-0.25, -0.2) is 4.39 Å². The van der Waals surface area contributed by atoms with Gasteiger partial charge in [-0.1, -0.05) is 30.8 Å². The maximum Gasteiger partial charge on any atom is 0.220 e. The van der Waals surface area contributed by atoms with Crippen molar-refractivity contribution in [2.45, 2.75) is 57.4 Å². The van der Waals surface area contributed by atoms with Crippen molar-refractivity contribution < 1.29 is 13.7 Å². The number of aromatic nitrogens is 1. The molecule has 0 aliphatic heterocycles. The first kappa shape index (κ1) is 16.7. The minimum atomic E-state index is -0.286. The fraction of sp³-hybridized carbons (Fsp3) is 0.474. The van der Waals surface area contributed by atoms with E-state index in [-0.39, 0.29) is 11.7 Å². The lowest BCUT2D eigenvalue weighted by Gasteiger charge is -2.16. The Morgan fingerprint density at radius 2 is 1.88 bits per heavy atom. The number of halogens is 1. The lowest BCUT2D eigenvalue weighted by atomic mass is 10.0. The van der Waals surface area contributed by atoms with Crippen LogP contribution in [0.15, 0.2) is 35.1 Å². The van der Waals surface area contributed by atoms with E-state index in [1.165, 1.54) is 37.8 Å². The first-order valence-corrected chi connectivity index (χ1v) is 8.71. The van der Waals surface area contributed by atoms with E-state index >= 15 is 0 Å². The van der Waals surface area contributed by atoms with Crippen LogP contribution in [0.5, 0.6) is 0 Å². The fourth-order valence-corrected chi connectivity index (χ4v) is 3.25. The number of carbonyl (C=O) groups excluding carboxylic acids is 1. The van der Waals surface area contributed by atoms with Crippen LogP contribution in [0.4, 0.5) is 4.39 Å². The largest absolute Gasteiger partial charge is 0.364 e. The molecule has 128 valence electrons. The van der Waals surface area contributed by atoms with E-state index in [0.717, 1.165) is 24.0 Å². The second-order valence-electron chi connectivity index (χ2n) is 6.45. The summed E-state index contributed by atoms with van der Waals surface area (Å²) in [5, 5.41) is 7.14. The van der Waals surface area contributed by atoms with Crippen LogP contribution in [0.2, 0.25) is 0 Å². The Labute approximate surface area is 141 Å². The molecule has 0 atom stereocenters. The summed E-state index contributed by atoms with van der Waals surface area (Å²) in [5.74, 6) is -0.209. The standard InChI is InChI=1S/C19H23FN2O2/c20-16-10-7-14(8-11-16)19-15(13-24-22-19)9-12-18(23)21-17-5-3-1-2-4-6-17/h7-8,10-11,13,17H,1-6,9,12H2,(H,21,23). The zero-order chi connectivity index (χ0) is 16.8. The van der Waals surface area contributed by atoms with E-state index in [0.29, 0.717) is 24.6 Å². The SMILES string of the molecule is O=C(CCc1conc1-c1ccc(F)cc1)NC1CCCCCC1. The molecule has 3 rings (SSSR count). The third-order valence-corrected chi connectivity index (χ3v) is 4.60. The lowest BCUT2D eigenvalue weighted by Crippen LogP contribution is -2.34. The van der Waals surface area contributed by atoms with Crippen molar-refractivity contribution in [1.82, 2.24) is 10.5 Å². The molecule has 4 nitrogen and oxygen atoms in total. The zero-order valence-corrected chi connectivity index (χ0v) is 13.8. The molecule has 0 spiro atoms. The van der Waals surface area contributed by atoms with Crippen LogP contribution in [0.25, 0.3) is 11.3 Å². The summed E-state index contributed by atoms with van der Waals surface area (Å²) in [5.41, 5.74) is 2.35. The molecule has 2 aromatic rings. The van der Waals surface area contributed by atoms with Crippen molar-refractivity contribution in [1.29, 1.82) is 0 Å². The Balaban J connectivity index is 1.56. The molecular weight excluding hydrogens is 307 g/mol. The van der Waals surface area contributed by atoms with Crippen molar-refractivity contribution in [3.05, 3.63) is 41.9 Å². The van der Waals surface area contributed by atoms with E-state index in [4.69, 9.17) is 4.52 Å². The van der Waals surface area contributed by atoms with Crippen LogP contribution in [-0.2, 0) is 11.2 Å². The number of nitrogens with one attached hydrogen (secondary N) is 1. The summed E-state index contributed by atoms with van der Waals surface area (Å²) >= 11 is 0. The van der Waals surface area contributed by atoms with Crippen LogP contribution in [0.1, 0.15) is 50.5 Å². The maximum absolute atomic E-state index is 13.0.